The summed E-state index contributed by atoms with van der Waals surface area (Å²) in [4.78, 5) is 0. The Morgan fingerprint density at radius 3 is 1.10 bits per heavy atom. The molecule has 0 unspecified atom stereocenters. The Bertz CT molecular complexity index is 525. The van der Waals surface area contributed by atoms with Crippen molar-refractivity contribution in [3.63, 3.8) is 0 Å². The molecule has 1 aliphatic heterocycles. The second kappa shape index (κ2) is 16.7. The van der Waals surface area contributed by atoms with E-state index in [1.165, 1.54) is 55.3 Å². The molecule has 0 aromatic rings. The molecule has 0 aromatic heterocycles. The van der Waals surface area contributed by atoms with Gasteiger partial charge in [0.15, 0.2) is 0 Å². The minimum Gasteiger partial charge on any atom is -0.722 e. The van der Waals surface area contributed by atoms with Crippen molar-refractivity contribution < 1.29 is 42.9 Å². The van der Waals surface area contributed by atoms with Crippen molar-refractivity contribution in [2.24, 2.45) is 0 Å². The summed E-state index contributed by atoms with van der Waals surface area (Å²) in [6, 6.07) is 0. The Balaban J connectivity index is -0.000000328. The minimum absolute atomic E-state index is 0.420. The summed E-state index contributed by atoms with van der Waals surface area (Å²) in [5.41, 5.74) is 0. The summed E-state index contributed by atoms with van der Waals surface area (Å²) >= 11 is 0. The average Bonchev–Trinajstić information content (AvgIpc) is 2.62. The first-order valence-electron chi connectivity index (χ1n) is 9.66. The van der Waals surface area contributed by atoms with Crippen LogP contribution in [0.4, 0.5) is 7.77 Å². The van der Waals surface area contributed by atoms with Crippen LogP contribution in [0.25, 0.3) is 0 Å². The predicted octanol–water partition coefficient (Wildman–Crippen LogP) is 2.79. The average molecular weight is 490 g/mol. The molecule has 0 atom stereocenters. The van der Waals surface area contributed by atoms with Crippen molar-refractivity contribution in [2.45, 2.75) is 41.5 Å². The SMILES string of the molecule is CC[N+]1(CC)CCOCC1.CC[P+](CC)(CC)CC.O=S(=O)([O-])F.O=S(=O)([O-])F. The molecule has 0 N–H and O–H groups in total. The van der Waals surface area contributed by atoms with Crippen LogP contribution in [0.5, 0.6) is 0 Å². The third kappa shape index (κ3) is 24.2. The minimum atomic E-state index is -5.42. The molecule has 1 heterocycles. The number of halogens is 2. The molecule has 29 heavy (non-hydrogen) atoms. The zero-order chi connectivity index (χ0) is 23.8. The molecule has 8 nitrogen and oxygen atoms in total. The van der Waals surface area contributed by atoms with Gasteiger partial charge in [-0.15, -0.1) is 7.77 Å². The Hall–Kier alpha value is 0.0300. The van der Waals surface area contributed by atoms with Crippen LogP contribution in [-0.2, 0) is 25.7 Å². The first-order chi connectivity index (χ1) is 13.1. The van der Waals surface area contributed by atoms with Gasteiger partial charge in [0.05, 0.1) is 51.0 Å². The van der Waals surface area contributed by atoms with Gasteiger partial charge in [-0.25, -0.2) is 16.8 Å². The number of morpholine rings is 1. The Labute approximate surface area is 177 Å². The van der Waals surface area contributed by atoms with Gasteiger partial charge in [-0.1, -0.05) is 0 Å². The monoisotopic (exact) mass is 489 g/mol. The van der Waals surface area contributed by atoms with Gasteiger partial charge in [-0.2, -0.15) is 0 Å². The maximum Gasteiger partial charge on any atom is 0.255 e. The molecule has 0 aromatic carbocycles. The van der Waals surface area contributed by atoms with E-state index in [0.29, 0.717) is 0 Å². The van der Waals surface area contributed by atoms with Gasteiger partial charge in [0.25, 0.3) is 21.0 Å². The lowest BCUT2D eigenvalue weighted by molar-refractivity contribution is -0.931. The standard InChI is InChI=1S/C8H18NO.C8H20P.2FHO3S/c1-3-9(4-2)5-7-10-8-6-9;1-5-9(6-2,7-3)8-4;2*1-5(2,3)4/h3-8H2,1-2H3;5-8H2,1-4H3;2*(H,2,3,4)/q2*+1;;/p-2. The van der Waals surface area contributed by atoms with E-state index in [9.17, 15) is 7.77 Å². The molecular weight excluding hydrogens is 451 g/mol. The zero-order valence-corrected chi connectivity index (χ0v) is 20.9. The van der Waals surface area contributed by atoms with E-state index < -0.39 is 28.3 Å². The van der Waals surface area contributed by atoms with Crippen molar-refractivity contribution >= 4 is 28.3 Å². The smallest absolute Gasteiger partial charge is 0.255 e. The van der Waals surface area contributed by atoms with Crippen LogP contribution < -0.4 is 0 Å². The lowest BCUT2D eigenvalue weighted by Crippen LogP contribution is -2.54. The van der Waals surface area contributed by atoms with Crippen LogP contribution in [-0.4, -0.2) is 94.5 Å². The highest BCUT2D eigenvalue weighted by molar-refractivity contribution is 7.80. The fourth-order valence-electron chi connectivity index (χ4n) is 2.93. The van der Waals surface area contributed by atoms with Gasteiger partial charge >= 0.3 is 0 Å². The first-order valence-corrected chi connectivity index (χ1v) is 14.8. The fourth-order valence-corrected chi connectivity index (χ4v) is 5.61. The maximum absolute atomic E-state index is 10.1. The van der Waals surface area contributed by atoms with E-state index in [1.807, 2.05) is 0 Å². The lowest BCUT2D eigenvalue weighted by Gasteiger charge is -2.39. The van der Waals surface area contributed by atoms with Crippen molar-refractivity contribution in [3.8, 4) is 0 Å². The summed E-state index contributed by atoms with van der Waals surface area (Å²) in [6.07, 6.45) is 5.82. The summed E-state index contributed by atoms with van der Waals surface area (Å²) in [6.45, 7) is 20.8. The van der Waals surface area contributed by atoms with E-state index in [-0.39, 0.29) is 0 Å². The highest BCUT2D eigenvalue weighted by atomic mass is 32.3. The van der Waals surface area contributed by atoms with Gasteiger partial charge in [0.1, 0.15) is 13.1 Å². The van der Waals surface area contributed by atoms with Crippen molar-refractivity contribution in [1.29, 1.82) is 0 Å². The Kier molecular flexibility index (Phi) is 19.4. The van der Waals surface area contributed by atoms with Crippen LogP contribution in [0.15, 0.2) is 0 Å². The van der Waals surface area contributed by atoms with Crippen molar-refractivity contribution in [3.05, 3.63) is 0 Å². The Morgan fingerprint density at radius 1 is 0.759 bits per heavy atom. The molecule has 180 valence electrons. The van der Waals surface area contributed by atoms with Crippen LogP contribution in [0, 0.1) is 0 Å². The van der Waals surface area contributed by atoms with Gasteiger partial charge in [-0.3, -0.25) is 0 Å². The fraction of sp³-hybridized carbons (Fsp3) is 1.00. The van der Waals surface area contributed by atoms with E-state index >= 15 is 0 Å². The van der Waals surface area contributed by atoms with Crippen molar-refractivity contribution in [1.82, 2.24) is 0 Å². The van der Waals surface area contributed by atoms with Crippen LogP contribution in [0.2, 0.25) is 0 Å². The molecule has 0 bridgehead atoms. The summed E-state index contributed by atoms with van der Waals surface area (Å²) in [5, 5.41) is 0. The molecule has 0 spiro atoms. The number of hydrogen-bond acceptors (Lipinski definition) is 7. The van der Waals surface area contributed by atoms with E-state index in [0.717, 1.165) is 13.2 Å². The van der Waals surface area contributed by atoms with Crippen LogP contribution in [0.1, 0.15) is 41.5 Å². The number of nitrogens with zero attached hydrogens (tertiary/aromatic N) is 1. The molecule has 0 radical (unpaired) electrons. The second-order valence-corrected chi connectivity index (χ2v) is 13.2. The highest BCUT2D eigenvalue weighted by Crippen LogP contribution is 2.57. The summed E-state index contributed by atoms with van der Waals surface area (Å²) in [5.74, 6) is 0. The largest absolute Gasteiger partial charge is 0.722 e. The first kappa shape index (κ1) is 33.7. The predicted molar refractivity (Wildman–Crippen MR) is 113 cm³/mol. The number of ether oxygens (including phenoxy) is 1. The number of quaternary nitrogens is 1. The number of rotatable bonds is 6. The molecule has 0 amide bonds. The zero-order valence-electron chi connectivity index (χ0n) is 18.4. The molecule has 0 saturated carbocycles. The molecule has 13 heteroatoms. The van der Waals surface area contributed by atoms with Gasteiger partial charge in [-0.05, 0) is 41.5 Å². The molecular formula is C16H38F2NO7PS2. The summed E-state index contributed by atoms with van der Waals surface area (Å²) < 4.78 is 77.2. The van der Waals surface area contributed by atoms with E-state index in [2.05, 4.69) is 41.5 Å². The van der Waals surface area contributed by atoms with E-state index in [4.69, 9.17) is 30.7 Å². The topological polar surface area (TPSA) is 124 Å². The third-order valence-electron chi connectivity index (χ3n) is 5.44. The molecule has 1 saturated heterocycles. The van der Waals surface area contributed by atoms with Crippen LogP contribution in [0.3, 0.4) is 0 Å². The Morgan fingerprint density at radius 2 is 1.00 bits per heavy atom. The molecule has 0 aliphatic carbocycles. The number of hydrogen-bond donors (Lipinski definition) is 0. The van der Waals surface area contributed by atoms with Gasteiger partial charge in [0.2, 0.25) is 0 Å². The van der Waals surface area contributed by atoms with Gasteiger partial charge < -0.3 is 18.3 Å². The molecule has 1 aliphatic rings. The third-order valence-corrected chi connectivity index (χ3v) is 10.8. The van der Waals surface area contributed by atoms with Gasteiger partial charge in [0, 0.05) is 7.26 Å². The number of likely N-dealkylation sites (N-methyl/N-ethyl adjacent to an activating group) is 1. The normalized spacial score (nSPS) is 16.2. The van der Waals surface area contributed by atoms with Crippen LogP contribution >= 0.6 is 7.26 Å². The summed E-state index contributed by atoms with van der Waals surface area (Å²) in [7, 11) is -11.3. The highest BCUT2D eigenvalue weighted by Gasteiger charge is 2.27. The van der Waals surface area contributed by atoms with E-state index in [1.54, 1.807) is 0 Å². The quantitative estimate of drug-likeness (QED) is 0.243. The molecule has 1 rings (SSSR count). The van der Waals surface area contributed by atoms with Crippen molar-refractivity contribution in [2.75, 3.05) is 64.0 Å². The molecule has 1 fully saturated rings. The maximum atomic E-state index is 10.1. The lowest BCUT2D eigenvalue weighted by atomic mass is 10.3. The second-order valence-electron chi connectivity index (χ2n) is 6.43.